The summed E-state index contributed by atoms with van der Waals surface area (Å²) < 4.78 is 5.97. The molecule has 6 heteroatoms. The predicted molar refractivity (Wildman–Crippen MR) is 177 cm³/mol. The molecule has 0 heterocycles. The number of carbonyl (C=O) groups excluding carboxylic acids is 2. The Morgan fingerprint density at radius 2 is 1.90 bits per heavy atom. The van der Waals surface area contributed by atoms with Crippen molar-refractivity contribution in [1.29, 1.82) is 0 Å². The summed E-state index contributed by atoms with van der Waals surface area (Å²) in [5.41, 5.74) is 8.46. The molecular weight excluding hydrogens is 540 g/mol. The first-order valence-corrected chi connectivity index (χ1v) is 18.0. The van der Waals surface area contributed by atoms with Gasteiger partial charge in [-0.15, -0.1) is 11.8 Å². The molecule has 0 aromatic rings. The second kappa shape index (κ2) is 14.0. The first-order chi connectivity index (χ1) is 19.9. The van der Waals surface area contributed by atoms with Crippen LogP contribution < -0.4 is 5.73 Å². The highest BCUT2D eigenvalue weighted by Crippen LogP contribution is 2.67. The average Bonchev–Trinajstić information content (AvgIpc) is 3.29. The van der Waals surface area contributed by atoms with Gasteiger partial charge in [0.2, 0.25) is 5.91 Å². The largest absolute Gasteiger partial charge is 0.461 e. The second-order valence-corrected chi connectivity index (χ2v) is 16.1. The molecule has 9 unspecified atom stereocenters. The lowest BCUT2D eigenvalue weighted by molar-refractivity contribution is -0.148. The molecule has 0 radical (unpaired) electrons. The fourth-order valence-corrected chi connectivity index (χ4v) is 10.5. The third kappa shape index (κ3) is 7.21. The van der Waals surface area contributed by atoms with E-state index in [9.17, 15) is 9.59 Å². The number of hydrogen-bond acceptors (Lipinski definition) is 5. The zero-order valence-electron chi connectivity index (χ0n) is 27.3. The van der Waals surface area contributed by atoms with Gasteiger partial charge in [0.25, 0.3) is 0 Å². The Bertz CT molecular complexity index is 1050. The number of primary amides is 1. The lowest BCUT2D eigenvalue weighted by Crippen LogP contribution is -2.51. The van der Waals surface area contributed by atoms with Crippen LogP contribution in [0.3, 0.4) is 0 Å². The van der Waals surface area contributed by atoms with Crippen LogP contribution in [0.25, 0.3) is 0 Å². The van der Waals surface area contributed by atoms with Gasteiger partial charge in [0, 0.05) is 17.9 Å². The number of aliphatic imine (C=N–C) groups is 1. The van der Waals surface area contributed by atoms with Gasteiger partial charge in [-0.25, -0.2) is 0 Å². The summed E-state index contributed by atoms with van der Waals surface area (Å²) in [6, 6.07) is -0.655. The fraction of sp³-hybridized carbons (Fsp3) is 0.806. The molecule has 0 aliphatic heterocycles. The highest BCUT2D eigenvalue weighted by molar-refractivity contribution is 8.00. The summed E-state index contributed by atoms with van der Waals surface area (Å²) in [6.07, 6.45) is 18.0. The van der Waals surface area contributed by atoms with Crippen molar-refractivity contribution in [2.75, 3.05) is 11.5 Å². The molecule has 236 valence electrons. The standard InChI is InChI=1S/C36H58N2O3S/c1-8-25(5)38-32(34(37)40)21-42-22-33(39)41-27-16-18-35(6)26(20-27)12-13-28-30-15-14-29(24(4)11-9-10-23(2)3)36(30,7)19-17-31(28)35/h8,12,23-24,27-32H,1,9-11,13-22H2,2-7H3,(H2,37,40). The normalized spacial score (nSPS) is 35.8. The molecule has 1 amide bonds. The van der Waals surface area contributed by atoms with Crippen LogP contribution >= 0.6 is 11.8 Å². The number of rotatable bonds is 13. The van der Waals surface area contributed by atoms with Crippen LogP contribution in [0.15, 0.2) is 29.3 Å². The van der Waals surface area contributed by atoms with Crippen LogP contribution in [-0.2, 0) is 14.3 Å². The van der Waals surface area contributed by atoms with E-state index >= 15 is 0 Å². The molecule has 3 saturated carbocycles. The highest BCUT2D eigenvalue weighted by atomic mass is 32.2. The third-order valence-corrected chi connectivity index (χ3v) is 13.0. The second-order valence-electron chi connectivity index (χ2n) is 15.1. The third-order valence-electron chi connectivity index (χ3n) is 12.0. The van der Waals surface area contributed by atoms with Gasteiger partial charge >= 0.3 is 5.97 Å². The average molecular weight is 599 g/mol. The van der Waals surface area contributed by atoms with E-state index in [-0.39, 0.29) is 23.2 Å². The molecule has 0 aromatic carbocycles. The quantitative estimate of drug-likeness (QED) is 0.132. The van der Waals surface area contributed by atoms with Gasteiger partial charge in [-0.2, -0.15) is 0 Å². The van der Waals surface area contributed by atoms with Gasteiger partial charge in [0.1, 0.15) is 12.1 Å². The van der Waals surface area contributed by atoms with E-state index < -0.39 is 11.9 Å². The summed E-state index contributed by atoms with van der Waals surface area (Å²) in [7, 11) is 0. The minimum atomic E-state index is -0.655. The molecule has 9 atom stereocenters. The molecule has 0 bridgehead atoms. The summed E-state index contributed by atoms with van der Waals surface area (Å²) in [5.74, 6) is 4.86. The number of fused-ring (bicyclic) bond motifs is 5. The van der Waals surface area contributed by atoms with Gasteiger partial charge in [-0.1, -0.05) is 72.1 Å². The van der Waals surface area contributed by atoms with Crippen molar-refractivity contribution in [1.82, 2.24) is 0 Å². The lowest BCUT2D eigenvalue weighted by Gasteiger charge is -2.58. The molecule has 0 aromatic heterocycles. The number of amides is 1. The van der Waals surface area contributed by atoms with Gasteiger partial charge < -0.3 is 10.5 Å². The van der Waals surface area contributed by atoms with Gasteiger partial charge in [0.15, 0.2) is 0 Å². The van der Waals surface area contributed by atoms with Crippen LogP contribution in [0.1, 0.15) is 112 Å². The Balaban J connectivity index is 1.32. The van der Waals surface area contributed by atoms with E-state index in [1.54, 1.807) is 18.6 Å². The van der Waals surface area contributed by atoms with Gasteiger partial charge in [-0.3, -0.25) is 14.6 Å². The number of nitrogens with two attached hydrogens (primary N) is 1. The number of thioether (sulfide) groups is 1. The van der Waals surface area contributed by atoms with E-state index in [4.69, 9.17) is 10.5 Å². The predicted octanol–water partition coefficient (Wildman–Crippen LogP) is 8.17. The number of nitrogens with zero attached hydrogens (tertiary/aromatic N) is 1. The van der Waals surface area contributed by atoms with Crippen LogP contribution in [0, 0.1) is 46.3 Å². The first-order valence-electron chi connectivity index (χ1n) is 16.8. The topological polar surface area (TPSA) is 81.8 Å². The van der Waals surface area contributed by atoms with Crippen molar-refractivity contribution in [2.45, 2.75) is 124 Å². The minimum Gasteiger partial charge on any atom is -0.461 e. The SMILES string of the molecule is C=CC(C)=NC(CSCC(=O)OC1CCC2(C)C(=CCC3C2CCC2(C)C(C(C)CCCC(C)C)CCC32)C1)C(N)=O. The molecule has 0 spiro atoms. The molecule has 0 saturated heterocycles. The minimum absolute atomic E-state index is 0.0432. The van der Waals surface area contributed by atoms with Crippen molar-refractivity contribution in [3.63, 3.8) is 0 Å². The lowest BCUT2D eigenvalue weighted by atomic mass is 9.47. The summed E-state index contributed by atoms with van der Waals surface area (Å²) >= 11 is 1.36. The Kier molecular flexibility index (Phi) is 11.1. The number of hydrogen-bond donors (Lipinski definition) is 1. The van der Waals surface area contributed by atoms with Crippen molar-refractivity contribution in [2.24, 2.45) is 57.1 Å². The maximum absolute atomic E-state index is 12.7. The zero-order chi connectivity index (χ0) is 30.7. The number of ether oxygens (including phenoxy) is 1. The monoisotopic (exact) mass is 598 g/mol. The Morgan fingerprint density at radius 1 is 1.14 bits per heavy atom. The molecule has 4 rings (SSSR count). The van der Waals surface area contributed by atoms with E-state index in [1.807, 2.05) is 0 Å². The number of carbonyl (C=O) groups is 2. The highest BCUT2D eigenvalue weighted by Gasteiger charge is 2.59. The Hall–Kier alpha value is -1.56. The van der Waals surface area contributed by atoms with Crippen LogP contribution in [-0.4, -0.2) is 41.2 Å². The van der Waals surface area contributed by atoms with Crippen LogP contribution in [0.5, 0.6) is 0 Å². The first kappa shape index (κ1) is 33.3. The molecule has 4 aliphatic rings. The smallest absolute Gasteiger partial charge is 0.316 e. The van der Waals surface area contributed by atoms with Crippen molar-refractivity contribution in [3.8, 4) is 0 Å². The molecule has 42 heavy (non-hydrogen) atoms. The van der Waals surface area contributed by atoms with Crippen molar-refractivity contribution in [3.05, 3.63) is 24.3 Å². The Morgan fingerprint density at radius 3 is 2.60 bits per heavy atom. The summed E-state index contributed by atoms with van der Waals surface area (Å²) in [6.45, 7) is 17.9. The molecule has 2 N–H and O–H groups in total. The summed E-state index contributed by atoms with van der Waals surface area (Å²) in [4.78, 5) is 28.7. The van der Waals surface area contributed by atoms with Crippen molar-refractivity contribution >= 4 is 29.4 Å². The number of esters is 1. The fourth-order valence-electron chi connectivity index (χ4n) is 9.71. The van der Waals surface area contributed by atoms with E-state index in [0.29, 0.717) is 16.9 Å². The molecule has 3 fully saturated rings. The maximum atomic E-state index is 12.7. The van der Waals surface area contributed by atoms with E-state index in [0.717, 1.165) is 54.8 Å². The molecule has 5 nitrogen and oxygen atoms in total. The van der Waals surface area contributed by atoms with Gasteiger partial charge in [-0.05, 0) is 104 Å². The molecular formula is C36H58N2O3S. The van der Waals surface area contributed by atoms with E-state index in [1.165, 1.54) is 63.1 Å². The van der Waals surface area contributed by atoms with Crippen molar-refractivity contribution < 1.29 is 14.3 Å². The maximum Gasteiger partial charge on any atom is 0.316 e. The summed E-state index contributed by atoms with van der Waals surface area (Å²) in [5, 5.41) is 0. The van der Waals surface area contributed by atoms with Gasteiger partial charge in [0.05, 0.1) is 5.75 Å². The Labute approximate surface area is 260 Å². The number of allylic oxidation sites excluding steroid dienone is 2. The van der Waals surface area contributed by atoms with E-state index in [2.05, 4.69) is 52.3 Å². The molecule has 4 aliphatic carbocycles. The zero-order valence-corrected chi connectivity index (χ0v) is 28.1. The van der Waals surface area contributed by atoms with Crippen LogP contribution in [0.4, 0.5) is 0 Å². The van der Waals surface area contributed by atoms with Crippen LogP contribution in [0.2, 0.25) is 0 Å².